The summed E-state index contributed by atoms with van der Waals surface area (Å²) in [5, 5.41) is 0. The summed E-state index contributed by atoms with van der Waals surface area (Å²) in [6, 6.07) is -0.112. The molecule has 1 heterocycles. The molecule has 0 spiro atoms. The van der Waals surface area contributed by atoms with Gasteiger partial charge in [-0.2, -0.15) is 0 Å². The average molecular weight is 267 g/mol. The molecular formula is C9H12BrLiN2O2. The molecule has 0 amide bonds. The van der Waals surface area contributed by atoms with E-state index in [1.165, 1.54) is 4.57 Å². The average Bonchev–Trinajstić information content (AvgIpc) is 2.14. The van der Waals surface area contributed by atoms with Gasteiger partial charge in [0.25, 0.3) is 0 Å². The van der Waals surface area contributed by atoms with E-state index in [4.69, 9.17) is 0 Å². The zero-order valence-electron chi connectivity index (χ0n) is 9.37. The van der Waals surface area contributed by atoms with E-state index in [2.05, 4.69) is 20.9 Å². The Hall–Kier alpha value is -0.243. The summed E-state index contributed by atoms with van der Waals surface area (Å²) in [5.41, 5.74) is -0.318. The molecule has 1 rings (SSSR count). The van der Waals surface area contributed by atoms with Crippen LogP contribution in [0.5, 0.6) is 0 Å². The summed E-state index contributed by atoms with van der Waals surface area (Å²) < 4.78 is 1.55. The van der Waals surface area contributed by atoms with E-state index in [0.717, 1.165) is 6.42 Å². The number of aryl methyl sites for hydroxylation is 1. The second-order valence-electron chi connectivity index (χ2n) is 3.23. The van der Waals surface area contributed by atoms with Crippen molar-refractivity contribution in [3.63, 3.8) is 0 Å². The van der Waals surface area contributed by atoms with Crippen LogP contribution in [0.4, 0.5) is 0 Å². The van der Waals surface area contributed by atoms with Crippen molar-refractivity contribution in [2.24, 2.45) is 0 Å². The maximum Gasteiger partial charge on any atom is 1.00 e. The maximum atomic E-state index is 11.7. The van der Waals surface area contributed by atoms with Crippen LogP contribution in [0.2, 0.25) is 0 Å². The fourth-order valence-electron chi connectivity index (χ4n) is 1.17. The van der Waals surface area contributed by atoms with Gasteiger partial charge in [-0.25, -0.2) is 0 Å². The van der Waals surface area contributed by atoms with Crippen LogP contribution in [0.25, 0.3) is 0 Å². The minimum absolute atomic E-state index is 0. The Morgan fingerprint density at radius 2 is 2.00 bits per heavy atom. The SMILES string of the molecule is CCC(C)n1c(=O)[n-]c(C)c(Br)c1=O.[Li+]. The standard InChI is InChI=1S/C9H13BrN2O2.Li/c1-4-5(2)12-8(13)7(10)6(3)11-9(12)14;/h5H,4H2,1-3H3,(H,11,13,14);/q;+1/p-1. The van der Waals surface area contributed by atoms with Gasteiger partial charge in [-0.3, -0.25) is 9.59 Å². The Kier molecular flexibility index (Phi) is 5.64. The molecule has 1 aromatic rings. The van der Waals surface area contributed by atoms with E-state index in [9.17, 15) is 9.59 Å². The minimum Gasteiger partial charge on any atom is -0.403 e. The predicted octanol–water partition coefficient (Wildman–Crippen LogP) is -1.79. The summed E-state index contributed by atoms with van der Waals surface area (Å²) >= 11 is 3.13. The van der Waals surface area contributed by atoms with E-state index < -0.39 is 5.69 Å². The number of nitrogens with zero attached hydrogens (tertiary/aromatic N) is 2. The summed E-state index contributed by atoms with van der Waals surface area (Å²) in [7, 11) is 0. The van der Waals surface area contributed by atoms with Crippen LogP contribution >= 0.6 is 15.9 Å². The summed E-state index contributed by atoms with van der Waals surface area (Å²) in [6.45, 7) is 5.38. The third-order valence-corrected chi connectivity index (χ3v) is 3.14. The van der Waals surface area contributed by atoms with Gasteiger partial charge in [0.2, 0.25) is 0 Å². The Labute approximate surface area is 108 Å². The van der Waals surface area contributed by atoms with Crippen LogP contribution in [0.1, 0.15) is 32.0 Å². The van der Waals surface area contributed by atoms with Crippen molar-refractivity contribution < 1.29 is 18.9 Å². The van der Waals surface area contributed by atoms with Gasteiger partial charge in [0.05, 0.1) is 4.47 Å². The Morgan fingerprint density at radius 1 is 1.47 bits per heavy atom. The van der Waals surface area contributed by atoms with Crippen LogP contribution in [-0.4, -0.2) is 4.57 Å². The van der Waals surface area contributed by atoms with Crippen molar-refractivity contribution in [2.45, 2.75) is 33.2 Å². The maximum absolute atomic E-state index is 11.7. The first-order chi connectivity index (χ1) is 6.49. The van der Waals surface area contributed by atoms with Crippen molar-refractivity contribution in [3.05, 3.63) is 31.0 Å². The largest absolute Gasteiger partial charge is 1.00 e. The van der Waals surface area contributed by atoms with Crippen molar-refractivity contribution in [2.75, 3.05) is 0 Å². The predicted molar refractivity (Wildman–Crippen MR) is 57.7 cm³/mol. The summed E-state index contributed by atoms with van der Waals surface area (Å²) in [5.74, 6) is 0. The first-order valence-electron chi connectivity index (χ1n) is 4.44. The summed E-state index contributed by atoms with van der Waals surface area (Å²) in [4.78, 5) is 26.9. The third-order valence-electron chi connectivity index (χ3n) is 2.23. The number of hydrogen-bond donors (Lipinski definition) is 0. The second kappa shape index (κ2) is 5.74. The molecule has 0 aliphatic rings. The number of rotatable bonds is 2. The Bertz CT molecular complexity index is 452. The monoisotopic (exact) mass is 266 g/mol. The quantitative estimate of drug-likeness (QED) is 0.595. The molecule has 0 bridgehead atoms. The van der Waals surface area contributed by atoms with Gasteiger partial charge in [0.1, 0.15) is 0 Å². The first-order valence-corrected chi connectivity index (χ1v) is 5.24. The first kappa shape index (κ1) is 14.8. The van der Waals surface area contributed by atoms with Gasteiger partial charge in [-0.05, 0) is 34.6 Å². The molecule has 0 N–H and O–H groups in total. The molecule has 0 aromatic carbocycles. The molecule has 1 aromatic heterocycles. The zero-order valence-corrected chi connectivity index (χ0v) is 11.0. The molecule has 15 heavy (non-hydrogen) atoms. The van der Waals surface area contributed by atoms with Crippen molar-refractivity contribution in [1.29, 1.82) is 0 Å². The van der Waals surface area contributed by atoms with Crippen LogP contribution in [0.3, 0.4) is 0 Å². The normalized spacial score (nSPS) is 12.0. The molecule has 0 aliphatic carbocycles. The Balaban J connectivity index is 0.00000196. The van der Waals surface area contributed by atoms with E-state index in [1.54, 1.807) is 6.92 Å². The summed E-state index contributed by atoms with van der Waals surface area (Å²) in [6.07, 6.45) is 0.728. The van der Waals surface area contributed by atoms with Gasteiger partial charge in [-0.15, -0.1) is 0 Å². The minimum atomic E-state index is -0.468. The fourth-order valence-corrected chi connectivity index (χ4v) is 1.44. The molecule has 0 saturated heterocycles. The second-order valence-corrected chi connectivity index (χ2v) is 4.02. The van der Waals surface area contributed by atoms with Crippen molar-refractivity contribution in [3.8, 4) is 0 Å². The third kappa shape index (κ3) is 2.87. The van der Waals surface area contributed by atoms with Gasteiger partial charge in [-0.1, -0.05) is 20.3 Å². The molecule has 0 radical (unpaired) electrons. The van der Waals surface area contributed by atoms with E-state index >= 15 is 0 Å². The molecule has 6 heteroatoms. The zero-order chi connectivity index (χ0) is 10.9. The van der Waals surface area contributed by atoms with Crippen LogP contribution in [0.15, 0.2) is 14.1 Å². The van der Waals surface area contributed by atoms with Crippen molar-refractivity contribution in [1.82, 2.24) is 9.55 Å². The molecule has 4 nitrogen and oxygen atoms in total. The van der Waals surface area contributed by atoms with E-state index in [-0.39, 0.29) is 30.5 Å². The smallest absolute Gasteiger partial charge is 0.403 e. The molecule has 0 fully saturated rings. The number of hydrogen-bond acceptors (Lipinski definition) is 2. The molecular weight excluding hydrogens is 255 g/mol. The van der Waals surface area contributed by atoms with E-state index in [1.807, 2.05) is 13.8 Å². The van der Waals surface area contributed by atoms with Gasteiger partial charge in [0, 0.05) is 0 Å². The molecule has 0 aliphatic heterocycles. The van der Waals surface area contributed by atoms with Gasteiger partial charge in [0.15, 0.2) is 11.2 Å². The topological polar surface area (TPSA) is 53.2 Å². The van der Waals surface area contributed by atoms with Gasteiger partial charge >= 0.3 is 18.9 Å². The van der Waals surface area contributed by atoms with Crippen LogP contribution in [-0.2, 0) is 0 Å². The van der Waals surface area contributed by atoms with Gasteiger partial charge < -0.3 is 9.55 Å². The van der Waals surface area contributed by atoms with Crippen LogP contribution < -0.4 is 35.1 Å². The van der Waals surface area contributed by atoms with E-state index in [0.29, 0.717) is 10.2 Å². The Morgan fingerprint density at radius 3 is 2.47 bits per heavy atom. The molecule has 1 atom stereocenters. The number of halogens is 1. The van der Waals surface area contributed by atoms with Crippen LogP contribution in [0, 0.1) is 6.92 Å². The number of aromatic nitrogens is 2. The van der Waals surface area contributed by atoms with Crippen molar-refractivity contribution >= 4 is 15.9 Å². The molecule has 78 valence electrons. The fraction of sp³-hybridized carbons (Fsp3) is 0.556. The molecule has 0 saturated carbocycles. The molecule has 1 unspecified atom stereocenters.